The second-order valence-electron chi connectivity index (χ2n) is 9.37. The van der Waals surface area contributed by atoms with Crippen LogP contribution in [-0.2, 0) is 0 Å². The third-order valence-corrected chi connectivity index (χ3v) is 14.1. The minimum atomic E-state index is -1.99. The smallest absolute Gasteiger partial charge is 0.256 e. The van der Waals surface area contributed by atoms with Gasteiger partial charge in [-0.2, -0.15) is 0 Å². The van der Waals surface area contributed by atoms with E-state index >= 15 is 0 Å². The summed E-state index contributed by atoms with van der Waals surface area (Å²) in [5.74, 6) is 0.680. The lowest BCUT2D eigenvalue weighted by molar-refractivity contribution is 0.0504. The second-order valence-corrected chi connectivity index (χ2v) is 15.2. The zero-order valence-electron chi connectivity index (χ0n) is 19.3. The van der Waals surface area contributed by atoms with E-state index in [9.17, 15) is 9.90 Å². The van der Waals surface area contributed by atoms with Gasteiger partial charge in [-0.25, -0.2) is 0 Å². The second kappa shape index (κ2) is 9.52. The molecule has 1 aromatic rings. The number of rotatable bonds is 7. The normalized spacial score (nSPS) is 18.0. The number of piperidine rings is 1. The summed E-state index contributed by atoms with van der Waals surface area (Å²) in [4.78, 5) is 15.1. The molecule has 0 unspecified atom stereocenters. The van der Waals surface area contributed by atoms with Gasteiger partial charge in [-0.1, -0.05) is 41.5 Å². The Hall–Kier alpha value is -1.53. The van der Waals surface area contributed by atoms with Crippen LogP contribution in [0.1, 0.15) is 71.2 Å². The molecule has 1 amide bonds. The maximum absolute atomic E-state index is 13.3. The molecule has 0 aliphatic carbocycles. The Morgan fingerprint density at radius 2 is 1.76 bits per heavy atom. The summed E-state index contributed by atoms with van der Waals surface area (Å²) >= 11 is 0. The number of aliphatic hydroxyl groups is 1. The number of ether oxygens (including phenoxy) is 1. The van der Waals surface area contributed by atoms with Crippen molar-refractivity contribution in [2.24, 2.45) is 0 Å². The van der Waals surface area contributed by atoms with Crippen molar-refractivity contribution in [3.05, 3.63) is 17.7 Å². The number of carbonyl (C=O) groups excluding carboxylic acids is 1. The number of amides is 1. The predicted molar refractivity (Wildman–Crippen MR) is 124 cm³/mol. The molecule has 0 spiro atoms. The van der Waals surface area contributed by atoms with Crippen LogP contribution in [0, 0.1) is 0 Å². The number of hydrogen-bond acceptors (Lipinski definition) is 4. The van der Waals surface area contributed by atoms with E-state index in [4.69, 9.17) is 10.5 Å². The summed E-state index contributed by atoms with van der Waals surface area (Å²) in [6, 6.07) is 3.75. The predicted octanol–water partition coefficient (Wildman–Crippen LogP) is 4.15. The number of hydrogen-bond donors (Lipinski definition) is 2. The van der Waals surface area contributed by atoms with Gasteiger partial charge in [0.25, 0.3) is 5.91 Å². The van der Waals surface area contributed by atoms with Crippen molar-refractivity contribution in [3.63, 3.8) is 0 Å². The van der Waals surface area contributed by atoms with Crippen LogP contribution in [0.3, 0.4) is 0 Å². The summed E-state index contributed by atoms with van der Waals surface area (Å²) in [5, 5.41) is 10.9. The molecule has 0 saturated carbocycles. The molecule has 1 fully saturated rings. The monoisotopic (exact) mass is 420 g/mol. The zero-order valence-corrected chi connectivity index (χ0v) is 20.3. The van der Waals surface area contributed by atoms with Gasteiger partial charge in [-0.15, -0.1) is 0 Å². The van der Waals surface area contributed by atoms with Crippen molar-refractivity contribution in [1.82, 2.24) is 4.90 Å². The van der Waals surface area contributed by atoms with E-state index in [0.717, 1.165) is 25.0 Å². The highest BCUT2D eigenvalue weighted by Crippen LogP contribution is 2.43. The van der Waals surface area contributed by atoms with E-state index in [0.29, 0.717) is 34.4 Å². The first-order valence-corrected chi connectivity index (χ1v) is 13.3. The highest BCUT2D eigenvalue weighted by atomic mass is 28.3. The first kappa shape index (κ1) is 23.7. The van der Waals surface area contributed by atoms with Gasteiger partial charge in [0.1, 0.15) is 5.75 Å². The maximum Gasteiger partial charge on any atom is 0.256 e. The fourth-order valence-corrected chi connectivity index (χ4v) is 12.7. The molecule has 0 radical (unpaired) electrons. The quantitative estimate of drug-likeness (QED) is 0.513. The third-order valence-electron chi connectivity index (χ3n) is 7.03. The standard InChI is InChI=1S/C23H40N2O3Si/c1-15(2)29(16(3)4,17(5)6)22-13-20(24)19(12-21(22)28-7)23(27)25-11-9-8-10-18(25)14-26/h12-13,15-18,26H,8-11,14,24H2,1-7H3/t18-/m0/s1. The van der Waals surface area contributed by atoms with E-state index in [1.807, 2.05) is 12.1 Å². The molecule has 1 atom stereocenters. The Bertz CT molecular complexity index is 697. The molecule has 6 heteroatoms. The fraction of sp³-hybridized carbons (Fsp3) is 0.696. The molecule has 29 heavy (non-hydrogen) atoms. The molecule has 1 aliphatic heterocycles. The Labute approximate surface area is 177 Å². The average molecular weight is 421 g/mol. The molecular weight excluding hydrogens is 380 g/mol. The minimum absolute atomic E-state index is 0.00899. The number of likely N-dealkylation sites (tertiary alicyclic amines) is 1. The van der Waals surface area contributed by atoms with Gasteiger partial charge in [0.2, 0.25) is 0 Å². The first-order valence-electron chi connectivity index (χ1n) is 11.0. The topological polar surface area (TPSA) is 75.8 Å². The van der Waals surface area contributed by atoms with Gasteiger partial charge in [-0.05, 0) is 53.2 Å². The molecule has 164 valence electrons. The van der Waals surface area contributed by atoms with Crippen LogP contribution in [-0.4, -0.2) is 50.3 Å². The fourth-order valence-electron chi connectivity index (χ4n) is 5.83. The average Bonchev–Trinajstić information content (AvgIpc) is 2.67. The number of methoxy groups -OCH3 is 1. The van der Waals surface area contributed by atoms with E-state index in [1.165, 1.54) is 5.19 Å². The van der Waals surface area contributed by atoms with Crippen LogP contribution in [0.5, 0.6) is 5.75 Å². The zero-order chi connectivity index (χ0) is 21.9. The summed E-state index contributed by atoms with van der Waals surface area (Å²) < 4.78 is 5.85. The largest absolute Gasteiger partial charge is 0.497 e. The van der Waals surface area contributed by atoms with Crippen molar-refractivity contribution >= 4 is 24.9 Å². The van der Waals surface area contributed by atoms with Gasteiger partial charge < -0.3 is 20.5 Å². The van der Waals surface area contributed by atoms with Crippen LogP contribution in [0.25, 0.3) is 0 Å². The maximum atomic E-state index is 13.3. The molecule has 5 nitrogen and oxygen atoms in total. The van der Waals surface area contributed by atoms with Crippen molar-refractivity contribution in [1.29, 1.82) is 0 Å². The molecule has 1 aliphatic rings. The van der Waals surface area contributed by atoms with Crippen LogP contribution >= 0.6 is 0 Å². The van der Waals surface area contributed by atoms with Gasteiger partial charge in [0, 0.05) is 12.2 Å². The van der Waals surface area contributed by atoms with Crippen molar-refractivity contribution < 1.29 is 14.6 Å². The molecule has 1 saturated heterocycles. The van der Waals surface area contributed by atoms with Crippen LogP contribution in [0.4, 0.5) is 5.69 Å². The summed E-state index contributed by atoms with van der Waals surface area (Å²) in [5.41, 5.74) is 9.04. The number of nitrogen functional groups attached to an aromatic ring is 1. The lowest BCUT2D eigenvalue weighted by atomic mass is 10.0. The highest BCUT2D eigenvalue weighted by molar-refractivity contribution is 6.95. The molecule has 1 heterocycles. The number of benzene rings is 1. The molecular formula is C23H40N2O3Si. The van der Waals surface area contributed by atoms with Crippen molar-refractivity contribution in [3.8, 4) is 5.75 Å². The van der Waals surface area contributed by atoms with E-state index in [1.54, 1.807) is 12.0 Å². The number of anilines is 1. The number of carbonyl (C=O) groups is 1. The lowest BCUT2D eigenvalue weighted by Gasteiger charge is -2.44. The van der Waals surface area contributed by atoms with Crippen LogP contribution < -0.4 is 15.7 Å². The summed E-state index contributed by atoms with van der Waals surface area (Å²) in [6.07, 6.45) is 2.83. The Balaban J connectivity index is 2.60. The summed E-state index contributed by atoms with van der Waals surface area (Å²) in [7, 11) is -0.307. The molecule has 3 N–H and O–H groups in total. The van der Waals surface area contributed by atoms with Gasteiger partial charge in [0.15, 0.2) is 0 Å². The minimum Gasteiger partial charge on any atom is -0.497 e. The lowest BCUT2D eigenvalue weighted by Crippen LogP contribution is -2.56. The molecule has 2 rings (SSSR count). The van der Waals surface area contributed by atoms with Gasteiger partial charge in [0.05, 0.1) is 33.4 Å². The van der Waals surface area contributed by atoms with Gasteiger partial charge in [-0.3, -0.25) is 4.79 Å². The number of nitrogens with zero attached hydrogens (tertiary/aromatic N) is 1. The van der Waals surface area contributed by atoms with E-state index in [-0.39, 0.29) is 18.6 Å². The third kappa shape index (κ3) is 4.19. The Kier molecular flexibility index (Phi) is 7.79. The Morgan fingerprint density at radius 1 is 1.17 bits per heavy atom. The van der Waals surface area contributed by atoms with Crippen LogP contribution in [0.2, 0.25) is 16.6 Å². The first-order chi connectivity index (χ1) is 13.6. The van der Waals surface area contributed by atoms with Crippen molar-refractivity contribution in [2.45, 2.75) is 83.5 Å². The van der Waals surface area contributed by atoms with Crippen molar-refractivity contribution in [2.75, 3.05) is 26.0 Å². The number of aliphatic hydroxyl groups excluding tert-OH is 1. The molecule has 0 bridgehead atoms. The molecule has 0 aromatic heterocycles. The van der Waals surface area contributed by atoms with Gasteiger partial charge >= 0.3 is 0 Å². The Morgan fingerprint density at radius 3 is 2.24 bits per heavy atom. The van der Waals surface area contributed by atoms with E-state index < -0.39 is 8.07 Å². The highest BCUT2D eigenvalue weighted by Gasteiger charge is 2.46. The molecule has 1 aromatic carbocycles. The number of nitrogens with two attached hydrogens (primary N) is 1. The van der Waals surface area contributed by atoms with E-state index in [2.05, 4.69) is 41.5 Å². The van der Waals surface area contributed by atoms with Crippen LogP contribution in [0.15, 0.2) is 12.1 Å². The SMILES string of the molecule is COc1cc(C(=O)N2CCCC[C@H]2CO)c(N)cc1[Si](C(C)C)(C(C)C)C(C)C. The summed E-state index contributed by atoms with van der Waals surface area (Å²) in [6.45, 7) is 14.5.